The molecule has 1 heterocycles. The summed E-state index contributed by atoms with van der Waals surface area (Å²) in [7, 11) is 0. The molecule has 1 aliphatic carbocycles. The molecule has 28 heavy (non-hydrogen) atoms. The highest BCUT2D eigenvalue weighted by Crippen LogP contribution is 2.39. The van der Waals surface area contributed by atoms with Crippen LogP contribution in [0.15, 0.2) is 48.5 Å². The van der Waals surface area contributed by atoms with Crippen LogP contribution in [0.3, 0.4) is 0 Å². The van der Waals surface area contributed by atoms with E-state index in [2.05, 4.69) is 17.4 Å². The van der Waals surface area contributed by atoms with Gasteiger partial charge in [0.1, 0.15) is 6.10 Å². The van der Waals surface area contributed by atoms with E-state index in [9.17, 15) is 9.59 Å². The standard InChI is InChI=1S/C23H26N2O3/c1-15-12-19(10-11-20(15)24-16(2)26)23(27)25-13-21(17-6-4-3-5-7-17)28-22(14-25)18-8-9-18/h3-7,10-12,18,21-22H,8-9,13-14H2,1-2H3,(H,24,26)/t21-,22+/m0/s1. The molecule has 2 aromatic rings. The number of rotatable bonds is 4. The monoisotopic (exact) mass is 378 g/mol. The maximum atomic E-state index is 13.2. The van der Waals surface area contributed by atoms with Crippen LogP contribution in [-0.4, -0.2) is 35.9 Å². The molecule has 5 nitrogen and oxygen atoms in total. The molecule has 2 amide bonds. The number of benzene rings is 2. The Hall–Kier alpha value is -2.66. The SMILES string of the molecule is CC(=O)Nc1ccc(C(=O)N2C[C@@H](c3ccccc3)O[C@@H](C3CC3)C2)cc1C. The summed E-state index contributed by atoms with van der Waals surface area (Å²) < 4.78 is 6.36. The van der Waals surface area contributed by atoms with E-state index in [1.54, 1.807) is 12.1 Å². The zero-order valence-corrected chi connectivity index (χ0v) is 16.4. The van der Waals surface area contributed by atoms with Crippen LogP contribution in [0.25, 0.3) is 0 Å². The first-order valence-corrected chi connectivity index (χ1v) is 9.89. The number of nitrogens with zero attached hydrogens (tertiary/aromatic N) is 1. The van der Waals surface area contributed by atoms with Gasteiger partial charge in [-0.25, -0.2) is 0 Å². The fourth-order valence-electron chi connectivity index (χ4n) is 3.84. The van der Waals surface area contributed by atoms with E-state index >= 15 is 0 Å². The summed E-state index contributed by atoms with van der Waals surface area (Å²) in [6.07, 6.45) is 2.36. The van der Waals surface area contributed by atoms with Gasteiger partial charge in [0.05, 0.1) is 12.6 Å². The van der Waals surface area contributed by atoms with E-state index in [1.807, 2.05) is 36.1 Å². The molecule has 2 atom stereocenters. The van der Waals surface area contributed by atoms with Crippen LogP contribution < -0.4 is 5.32 Å². The molecule has 2 aromatic carbocycles. The third-order valence-electron chi connectivity index (χ3n) is 5.52. The first-order chi connectivity index (χ1) is 13.5. The normalized spacial score (nSPS) is 22.0. The fraction of sp³-hybridized carbons (Fsp3) is 0.391. The molecule has 2 aliphatic rings. The van der Waals surface area contributed by atoms with E-state index in [0.29, 0.717) is 24.6 Å². The minimum atomic E-state index is -0.117. The molecule has 5 heteroatoms. The lowest BCUT2D eigenvalue weighted by atomic mass is 10.0. The van der Waals surface area contributed by atoms with E-state index in [4.69, 9.17) is 4.74 Å². The van der Waals surface area contributed by atoms with Gasteiger partial charge in [0.25, 0.3) is 5.91 Å². The molecular weight excluding hydrogens is 352 g/mol. The van der Waals surface area contributed by atoms with Gasteiger partial charge in [-0.05, 0) is 55.0 Å². The van der Waals surface area contributed by atoms with Gasteiger partial charge in [-0.15, -0.1) is 0 Å². The Balaban J connectivity index is 1.55. The van der Waals surface area contributed by atoms with E-state index in [-0.39, 0.29) is 24.0 Å². The van der Waals surface area contributed by atoms with Crippen LogP contribution in [-0.2, 0) is 9.53 Å². The molecule has 2 fully saturated rings. The zero-order valence-electron chi connectivity index (χ0n) is 16.4. The van der Waals surface area contributed by atoms with Crippen molar-refractivity contribution in [3.05, 3.63) is 65.2 Å². The van der Waals surface area contributed by atoms with Crippen molar-refractivity contribution in [1.29, 1.82) is 0 Å². The molecule has 0 unspecified atom stereocenters. The summed E-state index contributed by atoms with van der Waals surface area (Å²) in [5.74, 6) is 0.464. The van der Waals surface area contributed by atoms with Gasteiger partial charge in [0.15, 0.2) is 0 Å². The van der Waals surface area contributed by atoms with E-state index in [0.717, 1.165) is 16.8 Å². The van der Waals surface area contributed by atoms with Crippen LogP contribution in [0.5, 0.6) is 0 Å². The van der Waals surface area contributed by atoms with Crippen molar-refractivity contribution >= 4 is 17.5 Å². The molecule has 1 N–H and O–H groups in total. The van der Waals surface area contributed by atoms with Gasteiger partial charge in [0, 0.05) is 24.7 Å². The molecule has 0 bridgehead atoms. The third kappa shape index (κ3) is 4.09. The Morgan fingerprint density at radius 2 is 1.82 bits per heavy atom. The number of ether oxygens (including phenoxy) is 1. The number of nitrogens with one attached hydrogen (secondary N) is 1. The van der Waals surface area contributed by atoms with Crippen molar-refractivity contribution < 1.29 is 14.3 Å². The van der Waals surface area contributed by atoms with Crippen molar-refractivity contribution in [1.82, 2.24) is 4.90 Å². The number of morpholine rings is 1. The summed E-state index contributed by atoms with van der Waals surface area (Å²) in [5.41, 5.74) is 3.38. The molecular formula is C23H26N2O3. The van der Waals surface area contributed by atoms with Crippen molar-refractivity contribution in [3.8, 4) is 0 Å². The molecule has 0 spiro atoms. The predicted molar refractivity (Wildman–Crippen MR) is 108 cm³/mol. The molecule has 1 saturated carbocycles. The minimum absolute atomic E-state index is 0.0207. The lowest BCUT2D eigenvalue weighted by Crippen LogP contribution is -2.47. The number of carbonyl (C=O) groups excluding carboxylic acids is 2. The maximum Gasteiger partial charge on any atom is 0.254 e. The van der Waals surface area contributed by atoms with Crippen LogP contribution in [0.2, 0.25) is 0 Å². The quantitative estimate of drug-likeness (QED) is 0.876. The van der Waals surface area contributed by atoms with Gasteiger partial charge in [-0.2, -0.15) is 0 Å². The number of hydrogen-bond acceptors (Lipinski definition) is 3. The first-order valence-electron chi connectivity index (χ1n) is 9.89. The predicted octanol–water partition coefficient (Wildman–Crippen LogP) is 3.95. The second kappa shape index (κ2) is 7.76. The van der Waals surface area contributed by atoms with Crippen LogP contribution in [0.1, 0.15) is 47.4 Å². The van der Waals surface area contributed by atoms with Crippen molar-refractivity contribution in [2.75, 3.05) is 18.4 Å². The van der Waals surface area contributed by atoms with E-state index < -0.39 is 0 Å². The average molecular weight is 378 g/mol. The maximum absolute atomic E-state index is 13.2. The average Bonchev–Trinajstić information content (AvgIpc) is 3.54. The van der Waals surface area contributed by atoms with Crippen molar-refractivity contribution in [2.45, 2.75) is 38.9 Å². The molecule has 1 saturated heterocycles. The van der Waals surface area contributed by atoms with Gasteiger partial charge >= 0.3 is 0 Å². The highest BCUT2D eigenvalue weighted by Gasteiger charge is 2.40. The smallest absolute Gasteiger partial charge is 0.254 e. The van der Waals surface area contributed by atoms with Crippen LogP contribution in [0.4, 0.5) is 5.69 Å². The number of carbonyl (C=O) groups is 2. The minimum Gasteiger partial charge on any atom is -0.366 e. The molecule has 146 valence electrons. The summed E-state index contributed by atoms with van der Waals surface area (Å²) in [5, 5.41) is 2.79. The lowest BCUT2D eigenvalue weighted by Gasteiger charge is -2.38. The molecule has 0 aromatic heterocycles. The summed E-state index contributed by atoms with van der Waals surface area (Å²) in [4.78, 5) is 26.5. The van der Waals surface area contributed by atoms with Crippen LogP contribution in [0, 0.1) is 12.8 Å². The number of aryl methyl sites for hydroxylation is 1. The fourth-order valence-corrected chi connectivity index (χ4v) is 3.84. The highest BCUT2D eigenvalue weighted by molar-refractivity contribution is 5.96. The van der Waals surface area contributed by atoms with Crippen molar-refractivity contribution in [2.24, 2.45) is 5.92 Å². The van der Waals surface area contributed by atoms with Gasteiger partial charge < -0.3 is 15.0 Å². The number of hydrogen-bond donors (Lipinski definition) is 1. The Morgan fingerprint density at radius 1 is 1.07 bits per heavy atom. The number of anilines is 1. The van der Waals surface area contributed by atoms with Gasteiger partial charge in [0.2, 0.25) is 5.91 Å². The molecule has 0 radical (unpaired) electrons. The Labute approximate surface area is 165 Å². The second-order valence-electron chi connectivity index (χ2n) is 7.83. The Morgan fingerprint density at radius 3 is 2.46 bits per heavy atom. The third-order valence-corrected chi connectivity index (χ3v) is 5.52. The summed E-state index contributed by atoms with van der Waals surface area (Å²) >= 11 is 0. The summed E-state index contributed by atoms with van der Waals surface area (Å²) in [6, 6.07) is 15.6. The first kappa shape index (κ1) is 18.7. The van der Waals surface area contributed by atoms with Crippen molar-refractivity contribution in [3.63, 3.8) is 0 Å². The Kier molecular flexibility index (Phi) is 5.18. The zero-order chi connectivity index (χ0) is 19.7. The van der Waals surface area contributed by atoms with Crippen LogP contribution >= 0.6 is 0 Å². The van der Waals surface area contributed by atoms with E-state index in [1.165, 1.54) is 19.8 Å². The summed E-state index contributed by atoms with van der Waals surface area (Å²) in [6.45, 7) is 4.58. The Bertz CT molecular complexity index is 877. The molecule has 4 rings (SSSR count). The second-order valence-corrected chi connectivity index (χ2v) is 7.83. The topological polar surface area (TPSA) is 58.6 Å². The highest BCUT2D eigenvalue weighted by atomic mass is 16.5. The largest absolute Gasteiger partial charge is 0.366 e. The van der Waals surface area contributed by atoms with Gasteiger partial charge in [-0.3, -0.25) is 9.59 Å². The lowest BCUT2D eigenvalue weighted by molar-refractivity contribution is -0.114. The molecule has 1 aliphatic heterocycles. The number of amides is 2. The van der Waals surface area contributed by atoms with Gasteiger partial charge in [-0.1, -0.05) is 30.3 Å².